The Morgan fingerprint density at radius 3 is 2.92 bits per heavy atom. The molecular formula is C8H13ClN2O. The van der Waals surface area contributed by atoms with Crippen LogP contribution in [0.25, 0.3) is 0 Å². The Bertz CT molecular complexity index is 230. The van der Waals surface area contributed by atoms with Crippen LogP contribution in [-0.2, 0) is 6.54 Å². The molecular weight excluding hydrogens is 176 g/mol. The predicted octanol–water partition coefficient (Wildman–Crippen LogP) is 1.36. The quantitative estimate of drug-likeness (QED) is 0.780. The summed E-state index contributed by atoms with van der Waals surface area (Å²) in [5, 5.41) is 0. The van der Waals surface area contributed by atoms with Gasteiger partial charge < -0.3 is 10.5 Å². The van der Waals surface area contributed by atoms with Crippen molar-refractivity contribution < 1.29 is 4.74 Å². The maximum absolute atomic E-state index is 5.46. The molecule has 0 aliphatic rings. The summed E-state index contributed by atoms with van der Waals surface area (Å²) in [4.78, 5) is 3.94. The molecule has 0 fully saturated rings. The molecule has 0 bridgehead atoms. The van der Waals surface area contributed by atoms with Crippen molar-refractivity contribution in [2.45, 2.75) is 13.5 Å². The molecule has 2 N–H and O–H groups in total. The maximum atomic E-state index is 5.46. The first-order valence-electron chi connectivity index (χ1n) is 3.64. The zero-order valence-electron chi connectivity index (χ0n) is 6.99. The molecule has 0 aliphatic carbocycles. The van der Waals surface area contributed by atoms with Crippen molar-refractivity contribution in [2.24, 2.45) is 5.73 Å². The summed E-state index contributed by atoms with van der Waals surface area (Å²) in [5.74, 6) is 0.838. The van der Waals surface area contributed by atoms with E-state index in [4.69, 9.17) is 10.5 Å². The van der Waals surface area contributed by atoms with Gasteiger partial charge in [-0.25, -0.2) is 0 Å². The first-order chi connectivity index (χ1) is 5.38. The lowest BCUT2D eigenvalue weighted by atomic mass is 10.2. The van der Waals surface area contributed by atoms with Gasteiger partial charge in [0.05, 0.1) is 6.61 Å². The van der Waals surface area contributed by atoms with E-state index >= 15 is 0 Å². The normalized spacial score (nSPS) is 8.83. The smallest absolute Gasteiger partial charge is 0.126 e. The van der Waals surface area contributed by atoms with E-state index in [9.17, 15) is 0 Å². The number of ether oxygens (including phenoxy) is 1. The minimum absolute atomic E-state index is 0. The minimum atomic E-state index is 0. The number of nitrogens with two attached hydrogens (primary N) is 1. The average molecular weight is 189 g/mol. The second-order valence-electron chi connectivity index (χ2n) is 2.12. The molecule has 0 unspecified atom stereocenters. The number of hydrogen-bond donors (Lipinski definition) is 1. The van der Waals surface area contributed by atoms with Crippen LogP contribution in [-0.4, -0.2) is 11.6 Å². The summed E-state index contributed by atoms with van der Waals surface area (Å²) in [7, 11) is 0. The minimum Gasteiger partial charge on any atom is -0.493 e. The van der Waals surface area contributed by atoms with E-state index in [1.807, 2.05) is 13.0 Å². The van der Waals surface area contributed by atoms with E-state index in [0.717, 1.165) is 11.3 Å². The molecule has 12 heavy (non-hydrogen) atoms. The molecule has 0 amide bonds. The second-order valence-corrected chi connectivity index (χ2v) is 2.12. The number of rotatable bonds is 3. The Balaban J connectivity index is 0.00000121. The molecule has 1 heterocycles. The van der Waals surface area contributed by atoms with Crippen LogP contribution in [0, 0.1) is 0 Å². The van der Waals surface area contributed by atoms with E-state index in [1.165, 1.54) is 0 Å². The fraction of sp³-hybridized carbons (Fsp3) is 0.375. The van der Waals surface area contributed by atoms with Gasteiger partial charge in [0.15, 0.2) is 0 Å². The van der Waals surface area contributed by atoms with Gasteiger partial charge in [0.2, 0.25) is 0 Å². The van der Waals surface area contributed by atoms with Gasteiger partial charge in [0.25, 0.3) is 0 Å². The maximum Gasteiger partial charge on any atom is 0.126 e. The van der Waals surface area contributed by atoms with Gasteiger partial charge in [0, 0.05) is 24.5 Å². The molecule has 1 aromatic heterocycles. The Hall–Kier alpha value is -0.800. The lowest BCUT2D eigenvalue weighted by Gasteiger charge is -2.06. The fourth-order valence-electron chi connectivity index (χ4n) is 0.864. The Morgan fingerprint density at radius 1 is 1.58 bits per heavy atom. The molecule has 1 aromatic rings. The first-order valence-corrected chi connectivity index (χ1v) is 3.64. The Morgan fingerprint density at radius 2 is 2.33 bits per heavy atom. The van der Waals surface area contributed by atoms with E-state index < -0.39 is 0 Å². The average Bonchev–Trinajstić information content (AvgIpc) is 2.06. The number of halogens is 1. The van der Waals surface area contributed by atoms with Crippen LogP contribution in [0.15, 0.2) is 18.5 Å². The van der Waals surface area contributed by atoms with Crippen molar-refractivity contribution in [2.75, 3.05) is 6.61 Å². The number of aromatic nitrogens is 1. The lowest BCUT2D eigenvalue weighted by molar-refractivity contribution is 0.336. The molecule has 0 radical (unpaired) electrons. The SMILES string of the molecule is CCOc1ccncc1CN.Cl. The van der Waals surface area contributed by atoms with Crippen molar-refractivity contribution in [3.8, 4) is 5.75 Å². The number of nitrogens with zero attached hydrogens (tertiary/aromatic N) is 1. The van der Waals surface area contributed by atoms with E-state index in [2.05, 4.69) is 4.98 Å². The van der Waals surface area contributed by atoms with Gasteiger partial charge in [-0.3, -0.25) is 4.98 Å². The summed E-state index contributed by atoms with van der Waals surface area (Å²) in [6, 6.07) is 1.83. The third kappa shape index (κ3) is 2.68. The largest absolute Gasteiger partial charge is 0.493 e. The topological polar surface area (TPSA) is 48.1 Å². The van der Waals surface area contributed by atoms with Gasteiger partial charge in [0.1, 0.15) is 5.75 Å². The van der Waals surface area contributed by atoms with Gasteiger partial charge in [-0.15, -0.1) is 12.4 Å². The molecule has 0 aliphatic heterocycles. The lowest BCUT2D eigenvalue weighted by Crippen LogP contribution is -2.02. The predicted molar refractivity (Wildman–Crippen MR) is 50.5 cm³/mol. The third-order valence-electron chi connectivity index (χ3n) is 1.38. The van der Waals surface area contributed by atoms with Crippen molar-refractivity contribution in [1.29, 1.82) is 0 Å². The molecule has 0 spiro atoms. The highest BCUT2D eigenvalue weighted by Gasteiger charge is 1.98. The van der Waals surface area contributed by atoms with Crippen molar-refractivity contribution in [3.05, 3.63) is 24.0 Å². The Labute approximate surface area is 78.4 Å². The van der Waals surface area contributed by atoms with Crippen LogP contribution in [0.3, 0.4) is 0 Å². The Kier molecular flexibility index (Phi) is 5.41. The van der Waals surface area contributed by atoms with Gasteiger partial charge in [-0.1, -0.05) is 0 Å². The molecule has 68 valence electrons. The summed E-state index contributed by atoms with van der Waals surface area (Å²) in [6.07, 6.45) is 3.43. The molecule has 4 heteroatoms. The zero-order valence-corrected chi connectivity index (χ0v) is 7.80. The molecule has 0 saturated carbocycles. The van der Waals surface area contributed by atoms with E-state index in [1.54, 1.807) is 12.4 Å². The molecule has 1 rings (SSSR count). The van der Waals surface area contributed by atoms with Crippen molar-refractivity contribution >= 4 is 12.4 Å². The number of pyridine rings is 1. The van der Waals surface area contributed by atoms with Crippen LogP contribution in [0.5, 0.6) is 5.75 Å². The highest BCUT2D eigenvalue weighted by molar-refractivity contribution is 5.85. The monoisotopic (exact) mass is 188 g/mol. The summed E-state index contributed by atoms with van der Waals surface area (Å²) in [5.41, 5.74) is 6.41. The summed E-state index contributed by atoms with van der Waals surface area (Å²) >= 11 is 0. The van der Waals surface area contributed by atoms with Gasteiger partial charge in [-0.2, -0.15) is 0 Å². The van der Waals surface area contributed by atoms with Gasteiger partial charge in [-0.05, 0) is 13.0 Å². The standard InChI is InChI=1S/C8H12N2O.ClH/c1-2-11-8-3-4-10-6-7(8)5-9;/h3-4,6H,2,5,9H2,1H3;1H. The molecule has 0 saturated heterocycles. The first kappa shape index (κ1) is 11.2. The van der Waals surface area contributed by atoms with Crippen molar-refractivity contribution in [3.63, 3.8) is 0 Å². The molecule has 0 aromatic carbocycles. The van der Waals surface area contributed by atoms with Crippen molar-refractivity contribution in [1.82, 2.24) is 4.98 Å². The highest BCUT2D eigenvalue weighted by Crippen LogP contribution is 2.14. The highest BCUT2D eigenvalue weighted by atomic mass is 35.5. The fourth-order valence-corrected chi connectivity index (χ4v) is 0.864. The van der Waals surface area contributed by atoms with Crippen LogP contribution >= 0.6 is 12.4 Å². The zero-order chi connectivity index (χ0) is 8.10. The van der Waals surface area contributed by atoms with Crippen LogP contribution < -0.4 is 10.5 Å². The van der Waals surface area contributed by atoms with E-state index in [0.29, 0.717) is 13.2 Å². The third-order valence-corrected chi connectivity index (χ3v) is 1.38. The second kappa shape index (κ2) is 5.80. The number of hydrogen-bond acceptors (Lipinski definition) is 3. The molecule has 0 atom stereocenters. The van der Waals surface area contributed by atoms with Crippen LogP contribution in [0.2, 0.25) is 0 Å². The van der Waals surface area contributed by atoms with Crippen LogP contribution in [0.4, 0.5) is 0 Å². The summed E-state index contributed by atoms with van der Waals surface area (Å²) < 4.78 is 5.31. The van der Waals surface area contributed by atoms with E-state index in [-0.39, 0.29) is 12.4 Å². The van der Waals surface area contributed by atoms with Crippen LogP contribution in [0.1, 0.15) is 12.5 Å². The molecule has 3 nitrogen and oxygen atoms in total. The van der Waals surface area contributed by atoms with Gasteiger partial charge >= 0.3 is 0 Å². The summed E-state index contributed by atoms with van der Waals surface area (Å²) in [6.45, 7) is 3.08.